The van der Waals surface area contributed by atoms with Crippen molar-refractivity contribution >= 4 is 11.9 Å². The molecule has 5 atom stereocenters. The normalized spacial score (nSPS) is 26.2. The van der Waals surface area contributed by atoms with Gasteiger partial charge in [0.05, 0.1) is 18.2 Å². The monoisotopic (exact) mass is 415 g/mol. The Morgan fingerprint density at radius 1 is 1.17 bits per heavy atom. The predicted octanol–water partition coefficient (Wildman–Crippen LogP) is 2.17. The van der Waals surface area contributed by atoms with Crippen molar-refractivity contribution in [3.8, 4) is 0 Å². The van der Waals surface area contributed by atoms with Crippen LogP contribution in [0, 0.1) is 11.8 Å². The summed E-state index contributed by atoms with van der Waals surface area (Å²) < 4.78 is 6.10. The summed E-state index contributed by atoms with van der Waals surface area (Å²) in [5, 5.41) is 8.69. The Morgan fingerprint density at radius 2 is 1.90 bits per heavy atom. The predicted molar refractivity (Wildman–Crippen MR) is 114 cm³/mol. The number of nitrogens with one attached hydrogen (secondary N) is 2. The summed E-state index contributed by atoms with van der Waals surface area (Å²) in [6, 6.07) is 9.15. The van der Waals surface area contributed by atoms with E-state index >= 15 is 0 Å². The summed E-state index contributed by atoms with van der Waals surface area (Å²) in [7, 11) is 0. The van der Waals surface area contributed by atoms with Gasteiger partial charge in [-0.05, 0) is 50.0 Å². The van der Waals surface area contributed by atoms with Crippen molar-refractivity contribution in [2.75, 3.05) is 6.54 Å². The molecule has 7 heteroatoms. The second-order valence-electron chi connectivity index (χ2n) is 8.28. The van der Waals surface area contributed by atoms with Crippen molar-refractivity contribution in [2.45, 2.75) is 63.2 Å². The molecule has 2 bridgehead atoms. The standard InChI is InChI=1S/C23H33N3O4/c24-19(14-16-8-4-3-5-9-16)23(29)26-25-15-18-17(20-12-13-21(18)30-20)10-6-1-2-7-11-22(27)28/h1,3-6,8-9,17-21,25H,2,7,10-15,24H2,(H,26,29)(H,27,28)/b6-1-/t17-,18-,19+,20-,21+/m1/s1. The van der Waals surface area contributed by atoms with E-state index < -0.39 is 12.0 Å². The summed E-state index contributed by atoms with van der Waals surface area (Å²) in [5.41, 5.74) is 12.9. The third kappa shape index (κ3) is 6.39. The fourth-order valence-corrected chi connectivity index (χ4v) is 4.53. The van der Waals surface area contributed by atoms with Gasteiger partial charge in [0.25, 0.3) is 5.91 Å². The molecule has 2 heterocycles. The molecule has 30 heavy (non-hydrogen) atoms. The van der Waals surface area contributed by atoms with E-state index in [1.807, 2.05) is 30.3 Å². The Bertz CT molecular complexity index is 724. The highest BCUT2D eigenvalue weighted by Gasteiger charge is 2.47. The quantitative estimate of drug-likeness (QED) is 0.236. The van der Waals surface area contributed by atoms with Gasteiger partial charge in [-0.15, -0.1) is 0 Å². The maximum Gasteiger partial charge on any atom is 0.303 e. The number of carbonyl (C=O) groups is 2. The molecule has 2 fully saturated rings. The number of hydrazine groups is 1. The smallest absolute Gasteiger partial charge is 0.303 e. The fourth-order valence-electron chi connectivity index (χ4n) is 4.53. The minimum absolute atomic E-state index is 0.209. The van der Waals surface area contributed by atoms with E-state index in [1.54, 1.807) is 0 Å². The molecule has 2 saturated heterocycles. The molecule has 0 unspecified atom stereocenters. The Hall–Kier alpha value is -2.22. The lowest BCUT2D eigenvalue weighted by atomic mass is 9.77. The first kappa shape index (κ1) is 22.5. The lowest BCUT2D eigenvalue weighted by molar-refractivity contribution is -0.137. The number of carbonyl (C=O) groups excluding carboxylic acids is 1. The number of nitrogens with two attached hydrogens (primary N) is 1. The topological polar surface area (TPSA) is 114 Å². The molecule has 1 amide bonds. The molecule has 1 aromatic carbocycles. The van der Waals surface area contributed by atoms with E-state index in [-0.39, 0.29) is 24.5 Å². The molecule has 164 valence electrons. The van der Waals surface area contributed by atoms with Crippen LogP contribution in [-0.2, 0) is 20.7 Å². The maximum absolute atomic E-state index is 12.3. The van der Waals surface area contributed by atoms with Crippen molar-refractivity contribution in [1.82, 2.24) is 10.9 Å². The number of allylic oxidation sites excluding steroid dienone is 2. The molecule has 0 saturated carbocycles. The lowest BCUT2D eigenvalue weighted by Gasteiger charge is -2.27. The van der Waals surface area contributed by atoms with E-state index in [9.17, 15) is 9.59 Å². The summed E-state index contributed by atoms with van der Waals surface area (Å²) in [6.45, 7) is 0.655. The van der Waals surface area contributed by atoms with Crippen molar-refractivity contribution < 1.29 is 19.4 Å². The Balaban J connectivity index is 1.40. The molecule has 7 nitrogen and oxygen atoms in total. The first-order valence-electron chi connectivity index (χ1n) is 10.9. The number of hydrogen-bond acceptors (Lipinski definition) is 5. The van der Waals surface area contributed by atoms with Gasteiger partial charge in [-0.3, -0.25) is 15.0 Å². The van der Waals surface area contributed by atoms with E-state index in [2.05, 4.69) is 23.0 Å². The van der Waals surface area contributed by atoms with Crippen LogP contribution in [0.5, 0.6) is 0 Å². The van der Waals surface area contributed by atoms with E-state index in [0.717, 1.165) is 31.2 Å². The lowest BCUT2D eigenvalue weighted by Crippen LogP contribution is -2.50. The third-order valence-electron chi connectivity index (χ3n) is 6.11. The number of ether oxygens (including phenoxy) is 1. The third-order valence-corrected chi connectivity index (χ3v) is 6.11. The number of amides is 1. The van der Waals surface area contributed by atoms with Crippen molar-refractivity contribution in [1.29, 1.82) is 0 Å². The van der Waals surface area contributed by atoms with Gasteiger partial charge in [-0.1, -0.05) is 42.5 Å². The molecule has 0 aromatic heterocycles. The molecular formula is C23H33N3O4. The Morgan fingerprint density at radius 3 is 2.63 bits per heavy atom. The van der Waals surface area contributed by atoms with Crippen LogP contribution >= 0.6 is 0 Å². The van der Waals surface area contributed by atoms with E-state index in [4.69, 9.17) is 15.6 Å². The van der Waals surface area contributed by atoms with Gasteiger partial charge in [0.15, 0.2) is 0 Å². The van der Waals surface area contributed by atoms with Crippen molar-refractivity contribution in [3.63, 3.8) is 0 Å². The molecule has 1 aromatic rings. The molecule has 2 aliphatic heterocycles. The number of aliphatic carboxylic acids is 1. The van der Waals surface area contributed by atoms with Gasteiger partial charge >= 0.3 is 5.97 Å². The fraction of sp³-hybridized carbons (Fsp3) is 0.565. The van der Waals surface area contributed by atoms with Crippen LogP contribution < -0.4 is 16.6 Å². The largest absolute Gasteiger partial charge is 0.481 e. The average molecular weight is 416 g/mol. The molecule has 3 rings (SSSR count). The number of fused-ring (bicyclic) bond motifs is 2. The number of benzene rings is 1. The van der Waals surface area contributed by atoms with Gasteiger partial charge in [0.1, 0.15) is 0 Å². The Labute approximate surface area is 178 Å². The summed E-state index contributed by atoms with van der Waals surface area (Å²) in [5.74, 6) is -0.195. The summed E-state index contributed by atoms with van der Waals surface area (Å²) in [4.78, 5) is 22.9. The van der Waals surface area contributed by atoms with Crippen molar-refractivity contribution in [3.05, 3.63) is 48.0 Å². The number of hydrogen-bond donors (Lipinski definition) is 4. The molecule has 2 aliphatic rings. The van der Waals surface area contributed by atoms with Crippen LogP contribution in [0.4, 0.5) is 0 Å². The summed E-state index contributed by atoms with van der Waals surface area (Å²) >= 11 is 0. The highest BCUT2D eigenvalue weighted by Crippen LogP contribution is 2.44. The zero-order chi connectivity index (χ0) is 21.3. The molecule has 0 radical (unpaired) electrons. The molecule has 5 N–H and O–H groups in total. The van der Waals surface area contributed by atoms with Gasteiger partial charge in [0.2, 0.25) is 0 Å². The van der Waals surface area contributed by atoms with Crippen LogP contribution in [0.3, 0.4) is 0 Å². The number of rotatable bonds is 12. The number of carboxylic acid groups (broad SMARTS) is 1. The average Bonchev–Trinajstić information content (AvgIpc) is 3.33. The van der Waals surface area contributed by atoms with E-state index in [1.165, 1.54) is 0 Å². The van der Waals surface area contributed by atoms with Crippen LogP contribution in [0.15, 0.2) is 42.5 Å². The highest BCUT2D eigenvalue weighted by molar-refractivity contribution is 5.81. The molecular weight excluding hydrogens is 382 g/mol. The van der Waals surface area contributed by atoms with Crippen LogP contribution in [0.1, 0.15) is 44.1 Å². The van der Waals surface area contributed by atoms with E-state index in [0.29, 0.717) is 31.2 Å². The minimum Gasteiger partial charge on any atom is -0.481 e. The van der Waals surface area contributed by atoms with Gasteiger partial charge in [0, 0.05) is 18.9 Å². The van der Waals surface area contributed by atoms with Crippen molar-refractivity contribution in [2.24, 2.45) is 17.6 Å². The second kappa shape index (κ2) is 11.2. The summed E-state index contributed by atoms with van der Waals surface area (Å²) in [6.07, 6.45) is 9.98. The second-order valence-corrected chi connectivity index (χ2v) is 8.28. The van der Waals surface area contributed by atoms with Gasteiger partial charge in [-0.25, -0.2) is 5.43 Å². The SMILES string of the molecule is N[C@@H](Cc1ccccc1)C(=O)NNC[C@@H]1[C@@H](C/C=C\CCCC(=O)O)[C@H]2CC[C@@H]1O2. The number of carboxylic acids is 1. The van der Waals surface area contributed by atoms with Crippen LogP contribution in [0.2, 0.25) is 0 Å². The van der Waals surface area contributed by atoms with Gasteiger partial charge < -0.3 is 15.6 Å². The zero-order valence-electron chi connectivity index (χ0n) is 17.3. The molecule has 0 aliphatic carbocycles. The van der Waals surface area contributed by atoms with Gasteiger partial charge in [-0.2, -0.15) is 0 Å². The maximum atomic E-state index is 12.3. The zero-order valence-corrected chi connectivity index (χ0v) is 17.3. The van der Waals surface area contributed by atoms with Crippen LogP contribution in [0.25, 0.3) is 0 Å². The minimum atomic E-state index is -0.749. The molecule has 0 spiro atoms. The first-order valence-corrected chi connectivity index (χ1v) is 10.9. The first-order chi connectivity index (χ1) is 14.5. The Kier molecular flexibility index (Phi) is 8.42. The number of unbranched alkanes of at least 4 members (excludes halogenated alkanes) is 1. The van der Waals surface area contributed by atoms with Crippen LogP contribution in [-0.4, -0.2) is 41.8 Å². The highest BCUT2D eigenvalue weighted by atomic mass is 16.5.